The summed E-state index contributed by atoms with van der Waals surface area (Å²) in [6.45, 7) is 8.81. The fourth-order valence-corrected chi connectivity index (χ4v) is 2.37. The lowest BCUT2D eigenvalue weighted by atomic mass is 9.88. The summed E-state index contributed by atoms with van der Waals surface area (Å²) >= 11 is 0. The second-order valence-electron chi connectivity index (χ2n) is 4.56. The number of aromatic nitrogens is 2. The fourth-order valence-electron chi connectivity index (χ4n) is 2.37. The molecule has 0 aromatic carbocycles. The standard InChI is InChI=1S/C11H19N3/c1-4-14-8-7-12-10(14)9-5-6-13-11(9,2)3/h7-9,13H,4-6H2,1-3H3. The maximum absolute atomic E-state index is 4.49. The van der Waals surface area contributed by atoms with Gasteiger partial charge in [0, 0.05) is 30.4 Å². The zero-order valence-corrected chi connectivity index (χ0v) is 9.25. The summed E-state index contributed by atoms with van der Waals surface area (Å²) in [6, 6.07) is 0. The molecule has 1 aromatic heterocycles. The Morgan fingerprint density at radius 3 is 3.00 bits per heavy atom. The first-order valence-corrected chi connectivity index (χ1v) is 5.41. The van der Waals surface area contributed by atoms with Gasteiger partial charge in [-0.1, -0.05) is 0 Å². The van der Waals surface area contributed by atoms with E-state index < -0.39 is 0 Å². The molecule has 1 unspecified atom stereocenters. The van der Waals surface area contributed by atoms with E-state index in [1.807, 2.05) is 6.20 Å². The molecule has 0 radical (unpaired) electrons. The highest BCUT2D eigenvalue weighted by molar-refractivity contribution is 5.12. The summed E-state index contributed by atoms with van der Waals surface area (Å²) in [5.41, 5.74) is 0.193. The zero-order valence-electron chi connectivity index (χ0n) is 9.25. The predicted octanol–water partition coefficient (Wildman–Crippen LogP) is 1.76. The van der Waals surface area contributed by atoms with E-state index in [0.29, 0.717) is 5.92 Å². The third kappa shape index (κ3) is 1.46. The normalized spacial score (nSPS) is 25.5. The van der Waals surface area contributed by atoms with Crippen LogP contribution in [0.25, 0.3) is 0 Å². The molecular formula is C11H19N3. The Morgan fingerprint density at radius 1 is 1.64 bits per heavy atom. The highest BCUT2D eigenvalue weighted by atomic mass is 15.1. The molecule has 1 fully saturated rings. The SMILES string of the molecule is CCn1ccnc1C1CCNC1(C)C. The smallest absolute Gasteiger partial charge is 0.113 e. The molecular weight excluding hydrogens is 174 g/mol. The zero-order chi connectivity index (χ0) is 10.2. The lowest BCUT2D eigenvalue weighted by Crippen LogP contribution is -2.37. The average Bonchev–Trinajstić information content (AvgIpc) is 2.69. The molecule has 1 saturated heterocycles. The molecule has 3 heteroatoms. The van der Waals surface area contributed by atoms with Crippen molar-refractivity contribution in [1.29, 1.82) is 0 Å². The largest absolute Gasteiger partial charge is 0.335 e. The minimum Gasteiger partial charge on any atom is -0.335 e. The monoisotopic (exact) mass is 193 g/mol. The highest BCUT2D eigenvalue weighted by Gasteiger charge is 2.37. The average molecular weight is 193 g/mol. The van der Waals surface area contributed by atoms with E-state index in [9.17, 15) is 0 Å². The van der Waals surface area contributed by atoms with Crippen LogP contribution in [0.3, 0.4) is 0 Å². The molecule has 3 nitrogen and oxygen atoms in total. The van der Waals surface area contributed by atoms with E-state index in [2.05, 4.69) is 41.8 Å². The Labute approximate surface area is 85.5 Å². The van der Waals surface area contributed by atoms with Gasteiger partial charge in [-0.3, -0.25) is 0 Å². The van der Waals surface area contributed by atoms with Crippen LogP contribution in [-0.2, 0) is 6.54 Å². The Morgan fingerprint density at radius 2 is 2.43 bits per heavy atom. The van der Waals surface area contributed by atoms with E-state index in [1.165, 1.54) is 12.2 Å². The Hall–Kier alpha value is -0.830. The third-order valence-corrected chi connectivity index (χ3v) is 3.28. The molecule has 0 spiro atoms. The minimum absolute atomic E-state index is 0.193. The van der Waals surface area contributed by atoms with Gasteiger partial charge in [0.1, 0.15) is 5.82 Å². The highest BCUT2D eigenvalue weighted by Crippen LogP contribution is 2.34. The Bertz CT molecular complexity index is 314. The quantitative estimate of drug-likeness (QED) is 0.775. The van der Waals surface area contributed by atoms with Gasteiger partial charge in [-0.05, 0) is 33.7 Å². The maximum Gasteiger partial charge on any atom is 0.113 e. The molecule has 0 amide bonds. The van der Waals surface area contributed by atoms with Crippen LogP contribution in [0.5, 0.6) is 0 Å². The van der Waals surface area contributed by atoms with E-state index in [-0.39, 0.29) is 5.54 Å². The summed E-state index contributed by atoms with van der Waals surface area (Å²) in [5.74, 6) is 1.79. The number of nitrogens with one attached hydrogen (secondary N) is 1. The summed E-state index contributed by atoms with van der Waals surface area (Å²) in [6.07, 6.45) is 5.18. The lowest BCUT2D eigenvalue weighted by molar-refractivity contribution is 0.389. The van der Waals surface area contributed by atoms with Crippen molar-refractivity contribution in [3.8, 4) is 0 Å². The van der Waals surface area contributed by atoms with Crippen molar-refractivity contribution in [1.82, 2.24) is 14.9 Å². The molecule has 0 bridgehead atoms. The van der Waals surface area contributed by atoms with Crippen molar-refractivity contribution in [3.05, 3.63) is 18.2 Å². The number of nitrogens with zero attached hydrogens (tertiary/aromatic N) is 2. The van der Waals surface area contributed by atoms with Crippen molar-refractivity contribution in [2.75, 3.05) is 6.54 Å². The van der Waals surface area contributed by atoms with Crippen LogP contribution in [0.15, 0.2) is 12.4 Å². The van der Waals surface area contributed by atoms with Gasteiger partial charge < -0.3 is 9.88 Å². The molecule has 2 heterocycles. The summed E-state index contributed by atoms with van der Waals surface area (Å²) in [7, 11) is 0. The summed E-state index contributed by atoms with van der Waals surface area (Å²) in [5, 5.41) is 3.53. The van der Waals surface area contributed by atoms with Crippen LogP contribution in [-0.4, -0.2) is 21.6 Å². The second kappa shape index (κ2) is 3.39. The van der Waals surface area contributed by atoms with Crippen LogP contribution < -0.4 is 5.32 Å². The first-order chi connectivity index (χ1) is 6.65. The molecule has 0 aliphatic carbocycles. The molecule has 2 rings (SSSR count). The van der Waals surface area contributed by atoms with Crippen LogP contribution >= 0.6 is 0 Å². The third-order valence-electron chi connectivity index (χ3n) is 3.28. The number of aryl methyl sites for hydroxylation is 1. The summed E-state index contributed by atoms with van der Waals surface area (Å²) < 4.78 is 2.25. The van der Waals surface area contributed by atoms with Gasteiger partial charge in [0.25, 0.3) is 0 Å². The molecule has 78 valence electrons. The van der Waals surface area contributed by atoms with Gasteiger partial charge in [-0.15, -0.1) is 0 Å². The van der Waals surface area contributed by atoms with Crippen LogP contribution in [0.2, 0.25) is 0 Å². The Kier molecular flexibility index (Phi) is 2.35. The van der Waals surface area contributed by atoms with E-state index in [4.69, 9.17) is 0 Å². The van der Waals surface area contributed by atoms with Gasteiger partial charge in [0.05, 0.1) is 0 Å². The molecule has 1 aromatic rings. The first-order valence-electron chi connectivity index (χ1n) is 5.41. The van der Waals surface area contributed by atoms with Crippen molar-refractivity contribution in [2.24, 2.45) is 0 Å². The van der Waals surface area contributed by atoms with Crippen LogP contribution in [0.4, 0.5) is 0 Å². The van der Waals surface area contributed by atoms with E-state index in [1.54, 1.807) is 0 Å². The number of imidazole rings is 1. The lowest BCUT2D eigenvalue weighted by Gasteiger charge is -2.27. The molecule has 1 N–H and O–H groups in total. The fraction of sp³-hybridized carbons (Fsp3) is 0.727. The van der Waals surface area contributed by atoms with Crippen molar-refractivity contribution >= 4 is 0 Å². The van der Waals surface area contributed by atoms with Gasteiger partial charge in [-0.2, -0.15) is 0 Å². The number of rotatable bonds is 2. The van der Waals surface area contributed by atoms with Crippen LogP contribution in [0.1, 0.15) is 38.9 Å². The molecule has 0 saturated carbocycles. The predicted molar refractivity (Wildman–Crippen MR) is 57.3 cm³/mol. The number of hydrogen-bond donors (Lipinski definition) is 1. The minimum atomic E-state index is 0.193. The summed E-state index contributed by atoms with van der Waals surface area (Å²) in [4.78, 5) is 4.49. The van der Waals surface area contributed by atoms with Crippen LogP contribution in [0, 0.1) is 0 Å². The maximum atomic E-state index is 4.49. The number of hydrogen-bond acceptors (Lipinski definition) is 2. The molecule has 1 atom stereocenters. The molecule has 1 aliphatic rings. The van der Waals surface area contributed by atoms with Gasteiger partial charge in [0.2, 0.25) is 0 Å². The topological polar surface area (TPSA) is 29.9 Å². The molecule has 1 aliphatic heterocycles. The Balaban J connectivity index is 2.30. The van der Waals surface area contributed by atoms with Crippen molar-refractivity contribution in [3.63, 3.8) is 0 Å². The van der Waals surface area contributed by atoms with Gasteiger partial charge in [-0.25, -0.2) is 4.98 Å². The van der Waals surface area contributed by atoms with Crippen molar-refractivity contribution < 1.29 is 0 Å². The van der Waals surface area contributed by atoms with E-state index in [0.717, 1.165) is 13.1 Å². The van der Waals surface area contributed by atoms with Crippen molar-refractivity contribution in [2.45, 2.75) is 45.2 Å². The first kappa shape index (κ1) is 9.71. The van der Waals surface area contributed by atoms with E-state index >= 15 is 0 Å². The second-order valence-corrected chi connectivity index (χ2v) is 4.56. The molecule has 14 heavy (non-hydrogen) atoms. The van der Waals surface area contributed by atoms with Gasteiger partial charge in [0.15, 0.2) is 0 Å². The van der Waals surface area contributed by atoms with Gasteiger partial charge >= 0.3 is 0 Å².